The van der Waals surface area contributed by atoms with Crippen LogP contribution in [0.3, 0.4) is 0 Å². The predicted molar refractivity (Wildman–Crippen MR) is 159 cm³/mol. The number of rotatable bonds is 10. The van der Waals surface area contributed by atoms with Crippen molar-refractivity contribution in [3.05, 3.63) is 69.7 Å². The Kier molecular flexibility index (Phi) is 9.36. The highest BCUT2D eigenvalue weighted by atomic mass is 35.5. The lowest BCUT2D eigenvalue weighted by atomic mass is 10.2. The van der Waals surface area contributed by atoms with E-state index < -0.39 is 10.0 Å². The molecule has 8 nitrogen and oxygen atoms in total. The molecule has 3 aromatic carbocycles. The van der Waals surface area contributed by atoms with Gasteiger partial charge in [-0.25, -0.2) is 13.4 Å². The summed E-state index contributed by atoms with van der Waals surface area (Å²) in [6.45, 7) is 4.29. The Morgan fingerprint density at radius 2 is 1.72 bits per heavy atom. The molecule has 39 heavy (non-hydrogen) atoms. The van der Waals surface area contributed by atoms with Gasteiger partial charge in [0.05, 0.1) is 55.2 Å². The Balaban J connectivity index is 1.73. The van der Waals surface area contributed by atoms with Gasteiger partial charge < -0.3 is 10.1 Å². The van der Waals surface area contributed by atoms with Crippen molar-refractivity contribution < 1.29 is 17.9 Å². The van der Waals surface area contributed by atoms with Crippen LogP contribution in [-0.2, 0) is 14.8 Å². The number of sulfonamides is 1. The summed E-state index contributed by atoms with van der Waals surface area (Å²) < 4.78 is 35.1. The molecule has 0 aliphatic carbocycles. The van der Waals surface area contributed by atoms with Crippen molar-refractivity contribution in [1.29, 1.82) is 0 Å². The number of carbonyl (C=O) groups is 1. The molecule has 4 rings (SSSR count). The number of para-hydroxylation sites is 2. The van der Waals surface area contributed by atoms with E-state index in [1.807, 2.05) is 28.8 Å². The lowest BCUT2D eigenvalue weighted by molar-refractivity contribution is -0.113. The van der Waals surface area contributed by atoms with E-state index in [4.69, 9.17) is 44.5 Å². The number of fused-ring (bicyclic) bond motifs is 1. The number of nitrogens with one attached hydrogen (secondary N) is 1. The van der Waals surface area contributed by atoms with Gasteiger partial charge in [0.25, 0.3) is 0 Å². The molecule has 0 saturated heterocycles. The van der Waals surface area contributed by atoms with E-state index in [9.17, 15) is 13.2 Å². The number of halogens is 3. The van der Waals surface area contributed by atoms with Gasteiger partial charge in [0.1, 0.15) is 5.75 Å². The summed E-state index contributed by atoms with van der Waals surface area (Å²) in [6, 6.07) is 15.1. The van der Waals surface area contributed by atoms with Gasteiger partial charge in [-0.1, -0.05) is 72.5 Å². The monoisotopic (exact) mass is 626 g/mol. The number of anilines is 1. The van der Waals surface area contributed by atoms with Crippen LogP contribution in [0.5, 0.6) is 5.75 Å². The average Bonchev–Trinajstić information content (AvgIpc) is 3.28. The maximum atomic E-state index is 13.1. The Hall–Kier alpha value is -2.47. The third-order valence-electron chi connectivity index (χ3n) is 5.88. The standard InChI is InChI=1S/C26H25Cl3N4O4S2/c1-4-32(5-2)39(35,36)16-10-11-22-21(12-16)31-26(33(22)23-8-6-7-9-24(23)37-3)38-15-25(34)30-20-14-18(28)17(27)13-19(20)29/h6-14H,4-5,15H2,1-3H3,(H,30,34). The average molecular weight is 628 g/mol. The van der Waals surface area contributed by atoms with Crippen molar-refractivity contribution in [2.75, 3.05) is 31.3 Å². The topological polar surface area (TPSA) is 93.5 Å². The first kappa shape index (κ1) is 29.5. The second-order valence-electron chi connectivity index (χ2n) is 8.22. The first-order valence-corrected chi connectivity index (χ1v) is 15.4. The lowest BCUT2D eigenvalue weighted by Crippen LogP contribution is -2.30. The number of imidazole rings is 1. The normalized spacial score (nSPS) is 11.8. The smallest absolute Gasteiger partial charge is 0.243 e. The minimum atomic E-state index is -3.69. The van der Waals surface area contributed by atoms with Gasteiger partial charge in [-0.15, -0.1) is 0 Å². The van der Waals surface area contributed by atoms with Crippen LogP contribution < -0.4 is 10.1 Å². The maximum absolute atomic E-state index is 13.1. The zero-order valence-corrected chi connectivity index (χ0v) is 25.1. The second-order valence-corrected chi connectivity index (χ2v) is 12.3. The van der Waals surface area contributed by atoms with E-state index in [0.717, 1.165) is 0 Å². The fourth-order valence-corrected chi connectivity index (χ4v) is 6.88. The van der Waals surface area contributed by atoms with Crippen LogP contribution in [0, 0.1) is 0 Å². The molecule has 0 aliphatic heterocycles. The molecule has 1 N–H and O–H groups in total. The summed E-state index contributed by atoms with van der Waals surface area (Å²) in [7, 11) is -2.13. The number of methoxy groups -OCH3 is 1. The number of hydrogen-bond acceptors (Lipinski definition) is 6. The first-order chi connectivity index (χ1) is 18.6. The van der Waals surface area contributed by atoms with Crippen LogP contribution in [0.15, 0.2) is 64.6 Å². The fraction of sp³-hybridized carbons (Fsp3) is 0.231. The van der Waals surface area contributed by atoms with Crippen molar-refractivity contribution in [3.8, 4) is 11.4 Å². The first-order valence-electron chi connectivity index (χ1n) is 11.8. The van der Waals surface area contributed by atoms with Crippen LogP contribution in [0.1, 0.15) is 13.8 Å². The minimum Gasteiger partial charge on any atom is -0.495 e. The van der Waals surface area contributed by atoms with Crippen molar-refractivity contribution in [1.82, 2.24) is 13.9 Å². The highest BCUT2D eigenvalue weighted by Gasteiger charge is 2.24. The van der Waals surface area contributed by atoms with Gasteiger partial charge in [0.2, 0.25) is 15.9 Å². The molecule has 1 heterocycles. The molecule has 0 bridgehead atoms. The van der Waals surface area contributed by atoms with E-state index in [0.29, 0.717) is 46.4 Å². The number of ether oxygens (including phenoxy) is 1. The van der Waals surface area contributed by atoms with Crippen LogP contribution in [0.2, 0.25) is 15.1 Å². The highest BCUT2D eigenvalue weighted by molar-refractivity contribution is 7.99. The van der Waals surface area contributed by atoms with E-state index in [1.165, 1.54) is 28.2 Å². The summed E-state index contributed by atoms with van der Waals surface area (Å²) >= 11 is 19.4. The van der Waals surface area contributed by atoms with Crippen LogP contribution in [0.4, 0.5) is 5.69 Å². The number of hydrogen-bond donors (Lipinski definition) is 1. The van der Waals surface area contributed by atoms with E-state index >= 15 is 0 Å². The Morgan fingerprint density at radius 1 is 1.03 bits per heavy atom. The lowest BCUT2D eigenvalue weighted by Gasteiger charge is -2.18. The fourth-order valence-electron chi connectivity index (χ4n) is 3.99. The SMILES string of the molecule is CCN(CC)S(=O)(=O)c1ccc2c(c1)nc(SCC(=O)Nc1cc(Cl)c(Cl)cc1Cl)n2-c1ccccc1OC. The summed E-state index contributed by atoms with van der Waals surface area (Å²) in [6.07, 6.45) is 0. The predicted octanol–water partition coefficient (Wildman–Crippen LogP) is 6.76. The maximum Gasteiger partial charge on any atom is 0.243 e. The molecule has 0 radical (unpaired) electrons. The molecule has 0 fully saturated rings. The largest absolute Gasteiger partial charge is 0.495 e. The number of carbonyl (C=O) groups excluding carboxylic acids is 1. The molecule has 0 aliphatic rings. The van der Waals surface area contributed by atoms with Gasteiger partial charge in [-0.05, 0) is 42.5 Å². The number of amides is 1. The highest BCUT2D eigenvalue weighted by Crippen LogP contribution is 2.35. The number of thioether (sulfide) groups is 1. The van der Waals surface area contributed by atoms with Gasteiger partial charge in [-0.2, -0.15) is 4.31 Å². The molecule has 1 amide bonds. The molecule has 1 aromatic heterocycles. The molecular formula is C26H25Cl3N4O4S2. The van der Waals surface area contributed by atoms with E-state index in [-0.39, 0.29) is 31.6 Å². The third kappa shape index (κ3) is 6.16. The number of benzene rings is 3. The summed E-state index contributed by atoms with van der Waals surface area (Å²) in [5, 5.41) is 4.01. The Morgan fingerprint density at radius 3 is 2.41 bits per heavy atom. The summed E-state index contributed by atoms with van der Waals surface area (Å²) in [5.74, 6) is 0.230. The Labute approximate surface area is 246 Å². The molecule has 0 unspecified atom stereocenters. The van der Waals surface area contributed by atoms with Crippen LogP contribution in [-0.4, -0.2) is 54.1 Å². The van der Waals surface area contributed by atoms with Crippen molar-refractivity contribution in [2.24, 2.45) is 0 Å². The minimum absolute atomic E-state index is 0.0142. The molecule has 0 spiro atoms. The van der Waals surface area contributed by atoms with Crippen LogP contribution in [0.25, 0.3) is 16.7 Å². The molecule has 4 aromatic rings. The van der Waals surface area contributed by atoms with Crippen molar-refractivity contribution >= 4 is 79.2 Å². The number of aromatic nitrogens is 2. The number of nitrogens with zero attached hydrogens (tertiary/aromatic N) is 3. The van der Waals surface area contributed by atoms with Crippen molar-refractivity contribution in [3.63, 3.8) is 0 Å². The van der Waals surface area contributed by atoms with Gasteiger partial charge in [-0.3, -0.25) is 9.36 Å². The molecular weight excluding hydrogens is 603 g/mol. The summed E-state index contributed by atoms with van der Waals surface area (Å²) in [5.41, 5.74) is 2.15. The van der Waals surface area contributed by atoms with Crippen LogP contribution >= 0.6 is 46.6 Å². The van der Waals surface area contributed by atoms with Gasteiger partial charge in [0, 0.05) is 13.1 Å². The van der Waals surface area contributed by atoms with E-state index in [2.05, 4.69) is 5.32 Å². The third-order valence-corrected chi connectivity index (χ3v) is 9.90. The molecule has 0 saturated carbocycles. The molecule has 13 heteroatoms. The molecule has 0 atom stereocenters. The summed E-state index contributed by atoms with van der Waals surface area (Å²) in [4.78, 5) is 17.7. The Bertz CT molecular complexity index is 1640. The zero-order valence-electron chi connectivity index (χ0n) is 21.2. The molecule has 206 valence electrons. The van der Waals surface area contributed by atoms with Gasteiger partial charge >= 0.3 is 0 Å². The zero-order chi connectivity index (χ0) is 28.3. The van der Waals surface area contributed by atoms with E-state index in [1.54, 1.807) is 39.2 Å². The quantitative estimate of drug-likeness (QED) is 0.154. The second kappa shape index (κ2) is 12.4. The van der Waals surface area contributed by atoms with Crippen molar-refractivity contribution in [2.45, 2.75) is 23.9 Å². The van der Waals surface area contributed by atoms with Gasteiger partial charge in [0.15, 0.2) is 5.16 Å².